The van der Waals surface area contributed by atoms with Crippen molar-refractivity contribution in [1.29, 1.82) is 0 Å². The number of methoxy groups -OCH3 is 2. The van der Waals surface area contributed by atoms with Gasteiger partial charge >= 0.3 is 5.97 Å². The first-order chi connectivity index (χ1) is 11.4. The molecule has 7 nitrogen and oxygen atoms in total. The SMILES string of the molecule is COc1ccc(-c2nc(CC(=O)O[C@H](C)C(N)=O)cs2)cc1OC. The molecule has 0 saturated carbocycles. The van der Waals surface area contributed by atoms with E-state index in [0.29, 0.717) is 17.2 Å². The number of aromatic nitrogens is 1. The molecular formula is C16H18N2O5S. The molecule has 128 valence electrons. The Kier molecular flexibility index (Phi) is 5.75. The molecule has 1 amide bonds. The molecule has 0 unspecified atom stereocenters. The summed E-state index contributed by atoms with van der Waals surface area (Å²) in [5, 5.41) is 2.50. The zero-order valence-corrected chi connectivity index (χ0v) is 14.4. The average molecular weight is 350 g/mol. The highest BCUT2D eigenvalue weighted by Gasteiger charge is 2.17. The summed E-state index contributed by atoms with van der Waals surface area (Å²) >= 11 is 1.40. The van der Waals surface area contributed by atoms with E-state index in [1.807, 2.05) is 12.1 Å². The van der Waals surface area contributed by atoms with Gasteiger partial charge in [-0.3, -0.25) is 9.59 Å². The number of hydrogen-bond acceptors (Lipinski definition) is 7. The summed E-state index contributed by atoms with van der Waals surface area (Å²) in [4.78, 5) is 27.1. The van der Waals surface area contributed by atoms with Gasteiger partial charge in [0.05, 0.1) is 26.3 Å². The number of ether oxygens (including phenoxy) is 3. The van der Waals surface area contributed by atoms with Crippen LogP contribution in [-0.2, 0) is 20.7 Å². The van der Waals surface area contributed by atoms with E-state index in [0.717, 1.165) is 10.6 Å². The Morgan fingerprint density at radius 1 is 1.25 bits per heavy atom. The Morgan fingerprint density at radius 2 is 1.96 bits per heavy atom. The fourth-order valence-electron chi connectivity index (χ4n) is 1.93. The third kappa shape index (κ3) is 4.23. The van der Waals surface area contributed by atoms with Crippen LogP contribution in [0.1, 0.15) is 12.6 Å². The van der Waals surface area contributed by atoms with Crippen molar-refractivity contribution in [3.63, 3.8) is 0 Å². The number of carbonyl (C=O) groups excluding carboxylic acids is 2. The highest BCUT2D eigenvalue weighted by atomic mass is 32.1. The molecule has 2 N–H and O–H groups in total. The standard InChI is InChI=1S/C16H18N2O5S/c1-9(15(17)20)23-14(19)7-11-8-24-16(18-11)10-4-5-12(21-2)13(6-10)22-3/h4-6,8-9H,7H2,1-3H3,(H2,17,20)/t9-/m1/s1. The normalized spacial score (nSPS) is 11.6. The van der Waals surface area contributed by atoms with Crippen LogP contribution in [0.5, 0.6) is 11.5 Å². The summed E-state index contributed by atoms with van der Waals surface area (Å²) in [6.45, 7) is 1.43. The monoisotopic (exact) mass is 350 g/mol. The zero-order valence-electron chi connectivity index (χ0n) is 13.6. The van der Waals surface area contributed by atoms with Crippen molar-refractivity contribution < 1.29 is 23.8 Å². The maximum atomic E-state index is 11.8. The van der Waals surface area contributed by atoms with Crippen molar-refractivity contribution in [2.45, 2.75) is 19.4 Å². The highest BCUT2D eigenvalue weighted by molar-refractivity contribution is 7.13. The molecule has 0 fully saturated rings. The van der Waals surface area contributed by atoms with Gasteiger partial charge in [0.15, 0.2) is 17.6 Å². The van der Waals surface area contributed by atoms with E-state index in [-0.39, 0.29) is 6.42 Å². The summed E-state index contributed by atoms with van der Waals surface area (Å²) < 4.78 is 15.4. The van der Waals surface area contributed by atoms with Crippen LogP contribution in [0.2, 0.25) is 0 Å². The zero-order chi connectivity index (χ0) is 17.7. The third-order valence-electron chi connectivity index (χ3n) is 3.22. The summed E-state index contributed by atoms with van der Waals surface area (Å²) in [6, 6.07) is 5.46. The lowest BCUT2D eigenvalue weighted by Crippen LogP contribution is -2.30. The summed E-state index contributed by atoms with van der Waals surface area (Å²) in [6.07, 6.45) is -0.983. The van der Waals surface area contributed by atoms with E-state index in [1.165, 1.54) is 18.3 Å². The molecule has 0 saturated heterocycles. The van der Waals surface area contributed by atoms with Gasteiger partial charge in [-0.25, -0.2) is 4.98 Å². The number of carbonyl (C=O) groups is 2. The lowest BCUT2D eigenvalue weighted by molar-refractivity contribution is -0.153. The predicted octanol–water partition coefficient (Wildman–Crippen LogP) is 1.79. The summed E-state index contributed by atoms with van der Waals surface area (Å²) in [7, 11) is 3.13. The first-order valence-corrected chi connectivity index (χ1v) is 7.98. The minimum absolute atomic E-state index is 0.0264. The number of amides is 1. The first kappa shape index (κ1) is 17.7. The minimum Gasteiger partial charge on any atom is -0.493 e. The molecule has 0 radical (unpaired) electrons. The second-order valence-corrected chi connectivity index (χ2v) is 5.78. The molecule has 0 aliphatic heterocycles. The molecule has 1 aromatic heterocycles. The van der Waals surface area contributed by atoms with E-state index < -0.39 is 18.0 Å². The molecule has 1 aromatic carbocycles. The molecule has 2 aromatic rings. The van der Waals surface area contributed by atoms with Crippen LogP contribution < -0.4 is 15.2 Å². The summed E-state index contributed by atoms with van der Waals surface area (Å²) in [5.74, 6) is -0.0124. The molecule has 24 heavy (non-hydrogen) atoms. The topological polar surface area (TPSA) is 101 Å². The van der Waals surface area contributed by atoms with Crippen LogP contribution in [0.4, 0.5) is 0 Å². The van der Waals surface area contributed by atoms with Crippen molar-refractivity contribution in [3.8, 4) is 22.1 Å². The fourth-order valence-corrected chi connectivity index (χ4v) is 2.75. The van der Waals surface area contributed by atoms with Crippen LogP contribution in [0.25, 0.3) is 10.6 Å². The van der Waals surface area contributed by atoms with Crippen LogP contribution >= 0.6 is 11.3 Å². The van der Waals surface area contributed by atoms with Crippen molar-refractivity contribution in [2.75, 3.05) is 14.2 Å². The molecular weight excluding hydrogens is 332 g/mol. The number of hydrogen-bond donors (Lipinski definition) is 1. The van der Waals surface area contributed by atoms with E-state index in [2.05, 4.69) is 4.98 Å². The number of primary amides is 1. The van der Waals surface area contributed by atoms with E-state index in [9.17, 15) is 9.59 Å². The van der Waals surface area contributed by atoms with Crippen molar-refractivity contribution in [1.82, 2.24) is 4.98 Å². The molecule has 8 heteroatoms. The fraction of sp³-hybridized carbons (Fsp3) is 0.312. The van der Waals surface area contributed by atoms with E-state index in [4.69, 9.17) is 19.9 Å². The third-order valence-corrected chi connectivity index (χ3v) is 4.16. The smallest absolute Gasteiger partial charge is 0.312 e. The largest absolute Gasteiger partial charge is 0.493 e. The summed E-state index contributed by atoms with van der Waals surface area (Å²) in [5.41, 5.74) is 6.47. The first-order valence-electron chi connectivity index (χ1n) is 7.10. The predicted molar refractivity (Wildman–Crippen MR) is 89.1 cm³/mol. The van der Waals surface area contributed by atoms with Crippen molar-refractivity contribution >= 4 is 23.2 Å². The number of nitrogens with zero attached hydrogens (tertiary/aromatic N) is 1. The Balaban J connectivity index is 2.10. The van der Waals surface area contributed by atoms with E-state index >= 15 is 0 Å². The second kappa shape index (κ2) is 7.78. The van der Waals surface area contributed by atoms with Gasteiger partial charge in [-0.1, -0.05) is 0 Å². The molecule has 0 aliphatic carbocycles. The minimum atomic E-state index is -0.957. The van der Waals surface area contributed by atoms with Crippen LogP contribution in [-0.4, -0.2) is 37.2 Å². The lowest BCUT2D eigenvalue weighted by Gasteiger charge is -2.08. The van der Waals surface area contributed by atoms with Gasteiger partial charge in [-0.2, -0.15) is 0 Å². The van der Waals surface area contributed by atoms with Crippen LogP contribution in [0.15, 0.2) is 23.6 Å². The average Bonchev–Trinajstić information content (AvgIpc) is 3.02. The van der Waals surface area contributed by atoms with Crippen LogP contribution in [0, 0.1) is 0 Å². The van der Waals surface area contributed by atoms with Gasteiger partial charge in [0.2, 0.25) is 0 Å². The van der Waals surface area contributed by atoms with Crippen molar-refractivity contribution in [2.24, 2.45) is 5.73 Å². The molecule has 0 spiro atoms. The van der Waals surface area contributed by atoms with Crippen LogP contribution in [0.3, 0.4) is 0 Å². The molecule has 0 bridgehead atoms. The Hall–Kier alpha value is -2.61. The van der Waals surface area contributed by atoms with Gasteiger partial charge in [-0.05, 0) is 25.1 Å². The number of esters is 1. The van der Waals surface area contributed by atoms with Gasteiger partial charge in [0, 0.05) is 10.9 Å². The Morgan fingerprint density at radius 3 is 2.58 bits per heavy atom. The number of nitrogens with two attached hydrogens (primary N) is 1. The Bertz CT molecular complexity index is 744. The molecule has 1 heterocycles. The maximum Gasteiger partial charge on any atom is 0.312 e. The Labute approximate surface area is 143 Å². The molecule has 2 rings (SSSR count). The quantitative estimate of drug-likeness (QED) is 0.764. The number of benzene rings is 1. The number of rotatable bonds is 7. The number of thiazole rings is 1. The van der Waals surface area contributed by atoms with Crippen molar-refractivity contribution in [3.05, 3.63) is 29.3 Å². The van der Waals surface area contributed by atoms with Gasteiger partial charge in [0.1, 0.15) is 5.01 Å². The van der Waals surface area contributed by atoms with Gasteiger partial charge in [-0.15, -0.1) is 11.3 Å². The van der Waals surface area contributed by atoms with Gasteiger partial charge in [0.25, 0.3) is 5.91 Å². The second-order valence-electron chi connectivity index (χ2n) is 4.92. The lowest BCUT2D eigenvalue weighted by atomic mass is 10.2. The van der Waals surface area contributed by atoms with Gasteiger partial charge < -0.3 is 19.9 Å². The van der Waals surface area contributed by atoms with E-state index in [1.54, 1.807) is 25.7 Å². The molecule has 0 aliphatic rings. The molecule has 1 atom stereocenters. The maximum absolute atomic E-state index is 11.8. The highest BCUT2D eigenvalue weighted by Crippen LogP contribution is 2.33.